The van der Waals surface area contributed by atoms with Gasteiger partial charge in [0.15, 0.2) is 0 Å². The lowest BCUT2D eigenvalue weighted by Gasteiger charge is -2.21. The summed E-state index contributed by atoms with van der Waals surface area (Å²) in [6.45, 7) is 7.03. The minimum atomic E-state index is -1.08. The van der Waals surface area contributed by atoms with Gasteiger partial charge in [-0.2, -0.15) is 0 Å². The first-order valence-corrected chi connectivity index (χ1v) is 25.1. The van der Waals surface area contributed by atoms with Crippen LogP contribution in [0.4, 0.5) is 11.4 Å². The second-order valence-corrected chi connectivity index (χ2v) is 18.7. The molecule has 6 aromatic carbocycles. The molecule has 18 heteroatoms. The molecule has 0 aliphatic carbocycles. The number of rotatable bonds is 25. The number of ether oxygens (including phenoxy) is 6. The molecule has 0 aromatic heterocycles. The summed E-state index contributed by atoms with van der Waals surface area (Å²) in [5.74, 6) is 1.04. The minimum Gasteiger partial charge on any atom is -0.490 e. The summed E-state index contributed by atoms with van der Waals surface area (Å²) in [4.78, 5) is 23.8. The molecule has 8 rings (SSSR count). The predicted molar refractivity (Wildman–Crippen MR) is 282 cm³/mol. The molecule has 390 valence electrons. The molecule has 2 aliphatic heterocycles. The zero-order valence-electron chi connectivity index (χ0n) is 41.1. The number of carboxylic acids is 2. The van der Waals surface area contributed by atoms with Gasteiger partial charge in [0.25, 0.3) is 0 Å². The zero-order chi connectivity index (χ0) is 52.1. The van der Waals surface area contributed by atoms with Gasteiger partial charge in [-0.1, -0.05) is 71.7 Å². The molecule has 2 aliphatic rings. The normalized spacial score (nSPS) is 13.4. The third kappa shape index (κ3) is 13.4. The van der Waals surface area contributed by atoms with E-state index in [1.807, 2.05) is 74.5 Å². The molecule has 0 saturated carbocycles. The molecule has 0 spiro atoms. The van der Waals surface area contributed by atoms with Crippen LogP contribution in [0.25, 0.3) is 11.1 Å². The van der Waals surface area contributed by atoms with Gasteiger partial charge in [-0.25, -0.2) is 0 Å². The highest BCUT2D eigenvalue weighted by Gasteiger charge is 2.22. The molecular weight excluding hydrogens is 992 g/mol. The van der Waals surface area contributed by atoms with Crippen molar-refractivity contribution in [1.29, 1.82) is 0 Å². The van der Waals surface area contributed by atoms with Crippen LogP contribution in [0, 0.1) is 13.8 Å². The van der Waals surface area contributed by atoms with Crippen LogP contribution in [0.15, 0.2) is 97.1 Å². The van der Waals surface area contributed by atoms with Gasteiger partial charge in [0.2, 0.25) is 0 Å². The molecule has 0 amide bonds. The van der Waals surface area contributed by atoms with Crippen LogP contribution in [-0.2, 0) is 49.1 Å². The summed E-state index contributed by atoms with van der Waals surface area (Å²) in [6.07, 6.45) is 0.0557. The molecule has 74 heavy (non-hydrogen) atoms. The average Bonchev–Trinajstić information content (AvgIpc) is 3.40. The van der Waals surface area contributed by atoms with Crippen molar-refractivity contribution in [2.45, 2.75) is 78.3 Å². The Labute approximate surface area is 439 Å². The Morgan fingerprint density at radius 3 is 1.39 bits per heavy atom. The second kappa shape index (κ2) is 25.3. The third-order valence-corrected chi connectivity index (χ3v) is 13.5. The Morgan fingerprint density at radius 2 is 0.986 bits per heavy atom. The Kier molecular flexibility index (Phi) is 18.3. The quantitative estimate of drug-likeness (QED) is 0.0268. The molecular formula is C56H60Cl2N4O12. The van der Waals surface area contributed by atoms with Crippen molar-refractivity contribution in [3.05, 3.63) is 152 Å². The first kappa shape index (κ1) is 53.4. The van der Waals surface area contributed by atoms with E-state index in [2.05, 4.69) is 33.4 Å². The highest BCUT2D eigenvalue weighted by Crippen LogP contribution is 2.38. The number of carbonyl (C=O) groups is 2. The second-order valence-electron chi connectivity index (χ2n) is 17.9. The number of aliphatic hydroxyl groups excluding tert-OH is 2. The largest absolute Gasteiger partial charge is 0.490 e. The van der Waals surface area contributed by atoms with Crippen LogP contribution in [0.2, 0.25) is 10.0 Å². The number of aliphatic carboxylic acids is 2. The highest BCUT2D eigenvalue weighted by molar-refractivity contribution is 6.32. The summed E-state index contributed by atoms with van der Waals surface area (Å²) >= 11 is 13.7. The van der Waals surface area contributed by atoms with E-state index >= 15 is 0 Å². The molecule has 0 saturated heterocycles. The van der Waals surface area contributed by atoms with Gasteiger partial charge in [0, 0.05) is 62.7 Å². The van der Waals surface area contributed by atoms with Gasteiger partial charge in [-0.05, 0) is 108 Å². The topological polar surface area (TPSA) is 219 Å². The van der Waals surface area contributed by atoms with Crippen molar-refractivity contribution in [2.24, 2.45) is 0 Å². The molecule has 8 N–H and O–H groups in total. The lowest BCUT2D eigenvalue weighted by atomic mass is 9.92. The molecule has 2 unspecified atom stereocenters. The van der Waals surface area contributed by atoms with Crippen molar-refractivity contribution in [3.63, 3.8) is 0 Å². The van der Waals surface area contributed by atoms with Gasteiger partial charge >= 0.3 is 11.9 Å². The Bertz CT molecular complexity index is 2760. The van der Waals surface area contributed by atoms with Crippen molar-refractivity contribution in [2.75, 3.05) is 50.2 Å². The summed E-state index contributed by atoms with van der Waals surface area (Å²) in [5, 5.41) is 51.7. The van der Waals surface area contributed by atoms with Gasteiger partial charge in [-0.3, -0.25) is 9.59 Å². The molecule has 0 radical (unpaired) electrons. The maximum atomic E-state index is 11.9. The molecule has 2 heterocycles. The van der Waals surface area contributed by atoms with Gasteiger partial charge in [0.05, 0.1) is 21.4 Å². The molecule has 0 fully saturated rings. The van der Waals surface area contributed by atoms with E-state index in [4.69, 9.17) is 51.6 Å². The van der Waals surface area contributed by atoms with E-state index in [9.17, 15) is 30.0 Å². The fourth-order valence-electron chi connectivity index (χ4n) is 8.72. The van der Waals surface area contributed by atoms with Gasteiger partial charge in [0.1, 0.15) is 86.2 Å². The van der Waals surface area contributed by atoms with E-state index in [0.717, 1.165) is 67.4 Å². The first-order chi connectivity index (χ1) is 35.9. The molecule has 16 nitrogen and oxygen atoms in total. The van der Waals surface area contributed by atoms with Crippen LogP contribution in [0.5, 0.6) is 34.5 Å². The van der Waals surface area contributed by atoms with Gasteiger partial charge < -0.3 is 70.1 Å². The van der Waals surface area contributed by atoms with Crippen molar-refractivity contribution in [3.8, 4) is 45.6 Å². The molecule has 6 aromatic rings. The standard InChI is InChI=1S/C56H60Cl2N4O12/c1-33-37(31-73-53-25-51(39(23-43(53)57)27-61-45(13-17-63)55(65)66)71-29-35-9-11-49-47(21-35)59-15-19-69-49)5-3-7-41(33)42-8-4-6-38(34(42)2)32-74-54-26-52(40(24-44(54)58)28-62-46(14-18-64)56(67)68)72-30-36-10-12-50-48(22-36)60-16-20-70-50/h3-12,21-26,45-46,59-64H,13-20,27-32H2,1-2H3,(H,65,66)(H,67,68). The predicted octanol–water partition coefficient (Wildman–Crippen LogP) is 9.05. The highest BCUT2D eigenvalue weighted by atomic mass is 35.5. The number of halogens is 2. The smallest absolute Gasteiger partial charge is 0.320 e. The first-order valence-electron chi connectivity index (χ1n) is 24.4. The van der Waals surface area contributed by atoms with E-state index in [1.54, 1.807) is 24.3 Å². The third-order valence-electron chi connectivity index (χ3n) is 12.9. The van der Waals surface area contributed by atoms with Crippen molar-refractivity contribution in [1.82, 2.24) is 10.6 Å². The number of anilines is 2. The summed E-state index contributed by atoms with van der Waals surface area (Å²) in [7, 11) is 0. The van der Waals surface area contributed by atoms with Crippen LogP contribution >= 0.6 is 23.2 Å². The monoisotopic (exact) mass is 1050 g/mol. The number of benzene rings is 6. The number of hydrogen-bond acceptors (Lipinski definition) is 14. The van der Waals surface area contributed by atoms with E-state index in [0.29, 0.717) is 70.5 Å². The molecule has 0 bridgehead atoms. The number of aliphatic hydroxyl groups is 2. The lowest BCUT2D eigenvalue weighted by molar-refractivity contribution is -0.140. The summed E-state index contributed by atoms with van der Waals surface area (Å²) in [5.41, 5.74) is 10.6. The lowest BCUT2D eigenvalue weighted by Crippen LogP contribution is -2.37. The SMILES string of the molecule is Cc1c(COc2cc(OCc3ccc4c(c3)NCCO4)c(CNC(CCO)C(=O)O)cc2Cl)cccc1-c1cccc(COc2cc(OCc3ccc4c(c3)NCCO4)c(CNC(CCO)C(=O)O)cc2Cl)c1C. The van der Waals surface area contributed by atoms with Crippen LogP contribution in [-0.4, -0.2) is 84.0 Å². The minimum absolute atomic E-state index is 0.0279. The van der Waals surface area contributed by atoms with Crippen LogP contribution in [0.3, 0.4) is 0 Å². The van der Waals surface area contributed by atoms with E-state index < -0.39 is 24.0 Å². The molecule has 2 atom stereocenters. The average molecular weight is 1050 g/mol. The van der Waals surface area contributed by atoms with E-state index in [1.165, 1.54) is 0 Å². The fourth-order valence-corrected chi connectivity index (χ4v) is 9.20. The maximum absolute atomic E-state index is 11.9. The number of fused-ring (bicyclic) bond motifs is 2. The summed E-state index contributed by atoms with van der Waals surface area (Å²) in [6, 6.07) is 28.5. The Morgan fingerprint density at radius 1 is 0.568 bits per heavy atom. The Hall–Kier alpha value is -6.92. The van der Waals surface area contributed by atoms with Crippen molar-refractivity contribution < 1.29 is 58.4 Å². The van der Waals surface area contributed by atoms with E-state index in [-0.39, 0.29) is 65.6 Å². The van der Waals surface area contributed by atoms with Crippen molar-refractivity contribution >= 4 is 46.5 Å². The fraction of sp³-hybridized carbons (Fsp3) is 0.321. The number of hydrogen-bond donors (Lipinski definition) is 8. The summed E-state index contributed by atoms with van der Waals surface area (Å²) < 4.78 is 37.1. The Balaban J connectivity index is 0.986. The number of carboxylic acid groups (broad SMARTS) is 2. The van der Waals surface area contributed by atoms with Crippen LogP contribution in [0.1, 0.15) is 57.3 Å². The zero-order valence-corrected chi connectivity index (χ0v) is 42.6. The maximum Gasteiger partial charge on any atom is 0.320 e. The van der Waals surface area contributed by atoms with Crippen LogP contribution < -0.4 is 49.7 Å². The van der Waals surface area contributed by atoms with Gasteiger partial charge in [-0.15, -0.1) is 0 Å². The number of nitrogens with one attached hydrogen (secondary N) is 4.